The van der Waals surface area contributed by atoms with Crippen molar-refractivity contribution >= 4 is 17.3 Å². The van der Waals surface area contributed by atoms with Crippen LogP contribution >= 0.6 is 11.6 Å². The third kappa shape index (κ3) is 7.58. The molecule has 0 radical (unpaired) electrons. The number of nitriles is 1. The molecule has 0 bridgehead atoms. The van der Waals surface area contributed by atoms with Crippen LogP contribution in [0.3, 0.4) is 0 Å². The number of benzene rings is 4. The Labute approximate surface area is 248 Å². The maximum Gasteiger partial charge on any atom is 0.416 e. The topological polar surface area (TPSA) is 54.6 Å². The maximum atomic E-state index is 13.1. The molecule has 4 aromatic carbocycles. The van der Waals surface area contributed by atoms with Gasteiger partial charge < -0.3 is 9.47 Å². The molecular formula is C34H28ClF3N2O2. The number of ether oxygens (including phenoxy) is 2. The quantitative estimate of drug-likeness (QED) is 0.184. The monoisotopic (exact) mass is 588 g/mol. The molecule has 1 aliphatic rings. The Morgan fingerprint density at radius 1 is 0.976 bits per heavy atom. The van der Waals surface area contributed by atoms with Gasteiger partial charge >= 0.3 is 6.18 Å². The normalized spacial score (nSPS) is 16.2. The summed E-state index contributed by atoms with van der Waals surface area (Å²) in [4.78, 5) is 4.82. The third-order valence-electron chi connectivity index (χ3n) is 7.12. The van der Waals surface area contributed by atoms with Crippen LogP contribution in [-0.4, -0.2) is 25.0 Å². The summed E-state index contributed by atoms with van der Waals surface area (Å²) in [5.74, 6) is 0.780. The van der Waals surface area contributed by atoms with Gasteiger partial charge in [-0.15, -0.1) is 0 Å². The zero-order chi connectivity index (χ0) is 29.5. The molecular weight excluding hydrogens is 561 g/mol. The Balaban J connectivity index is 1.48. The number of nitrogens with zero attached hydrogens (tertiary/aromatic N) is 2. The largest absolute Gasteiger partial charge is 0.488 e. The second-order valence-corrected chi connectivity index (χ2v) is 10.6. The highest BCUT2D eigenvalue weighted by atomic mass is 35.5. The van der Waals surface area contributed by atoms with E-state index in [0.717, 1.165) is 46.6 Å². The number of aliphatic imine (C=N–C) groups is 1. The first kappa shape index (κ1) is 29.4. The number of rotatable bonds is 9. The van der Waals surface area contributed by atoms with Crippen LogP contribution in [0.2, 0.25) is 5.02 Å². The summed E-state index contributed by atoms with van der Waals surface area (Å²) in [7, 11) is 0. The van der Waals surface area contributed by atoms with Crippen LogP contribution in [0.15, 0.2) is 102 Å². The molecule has 4 nitrogen and oxygen atoms in total. The fourth-order valence-electron chi connectivity index (χ4n) is 4.96. The molecule has 1 fully saturated rings. The van der Waals surface area contributed by atoms with E-state index < -0.39 is 17.8 Å². The second kappa shape index (κ2) is 13.2. The zero-order valence-electron chi connectivity index (χ0n) is 22.7. The molecule has 8 heteroatoms. The molecule has 0 amide bonds. The minimum absolute atomic E-state index is 0.0583. The molecule has 1 heterocycles. The smallest absolute Gasteiger partial charge is 0.416 e. The Bertz CT molecular complexity index is 1560. The van der Waals surface area contributed by atoms with Gasteiger partial charge in [0.15, 0.2) is 0 Å². The summed E-state index contributed by atoms with van der Waals surface area (Å²) >= 11 is 6.44. The molecule has 4 aromatic rings. The molecule has 0 saturated carbocycles. The lowest BCUT2D eigenvalue weighted by Gasteiger charge is -2.19. The highest BCUT2D eigenvalue weighted by Gasteiger charge is 2.30. The van der Waals surface area contributed by atoms with Gasteiger partial charge in [0.1, 0.15) is 23.6 Å². The molecule has 0 aliphatic carbocycles. The first-order chi connectivity index (χ1) is 20.3. The van der Waals surface area contributed by atoms with E-state index in [1.54, 1.807) is 6.07 Å². The molecule has 214 valence electrons. The summed E-state index contributed by atoms with van der Waals surface area (Å²) in [6.45, 7) is 1.30. The minimum Gasteiger partial charge on any atom is -0.488 e. The van der Waals surface area contributed by atoms with E-state index in [2.05, 4.69) is 6.07 Å². The van der Waals surface area contributed by atoms with Crippen molar-refractivity contribution in [2.24, 2.45) is 4.99 Å². The van der Waals surface area contributed by atoms with Crippen LogP contribution < -0.4 is 4.74 Å². The van der Waals surface area contributed by atoms with Crippen LogP contribution in [0.4, 0.5) is 13.2 Å². The Morgan fingerprint density at radius 2 is 1.71 bits per heavy atom. The molecule has 1 saturated heterocycles. The Morgan fingerprint density at radius 3 is 2.36 bits per heavy atom. The molecule has 1 aliphatic heterocycles. The predicted molar refractivity (Wildman–Crippen MR) is 157 cm³/mol. The van der Waals surface area contributed by atoms with Crippen LogP contribution in [0.1, 0.15) is 45.8 Å². The SMILES string of the molecule is N#CC(=N[C@H](Cc1ccccc1)c1ccc(Cl)cc1Cc1ccc(O[C@H]2CCOC2)cc1)c1ccc(C(F)(F)F)cc1. The second-order valence-electron chi connectivity index (χ2n) is 10.1. The first-order valence-corrected chi connectivity index (χ1v) is 14.0. The van der Waals surface area contributed by atoms with E-state index in [4.69, 9.17) is 26.1 Å². The van der Waals surface area contributed by atoms with Crippen molar-refractivity contribution in [1.29, 1.82) is 5.26 Å². The summed E-state index contributed by atoms with van der Waals surface area (Å²) in [6.07, 6.45) is -2.49. The highest BCUT2D eigenvalue weighted by Crippen LogP contribution is 2.32. The fourth-order valence-corrected chi connectivity index (χ4v) is 5.15. The van der Waals surface area contributed by atoms with Crippen LogP contribution in [-0.2, 0) is 23.8 Å². The molecule has 0 aromatic heterocycles. The maximum absolute atomic E-state index is 13.1. The van der Waals surface area contributed by atoms with Crippen molar-refractivity contribution in [3.63, 3.8) is 0 Å². The van der Waals surface area contributed by atoms with Gasteiger partial charge in [-0.1, -0.05) is 72.3 Å². The third-order valence-corrected chi connectivity index (χ3v) is 7.36. The first-order valence-electron chi connectivity index (χ1n) is 13.6. The van der Waals surface area contributed by atoms with Crippen molar-refractivity contribution in [2.75, 3.05) is 13.2 Å². The van der Waals surface area contributed by atoms with E-state index in [1.165, 1.54) is 12.1 Å². The van der Waals surface area contributed by atoms with Crippen LogP contribution in [0, 0.1) is 11.3 Å². The number of hydrogen-bond acceptors (Lipinski definition) is 4. The van der Waals surface area contributed by atoms with Gasteiger partial charge in [0.25, 0.3) is 0 Å². The lowest BCUT2D eigenvalue weighted by Crippen LogP contribution is -2.15. The molecule has 0 spiro atoms. The predicted octanol–water partition coefficient (Wildman–Crippen LogP) is 8.41. The Kier molecular flexibility index (Phi) is 9.26. The number of halogens is 4. The highest BCUT2D eigenvalue weighted by molar-refractivity contribution is 6.30. The van der Waals surface area contributed by atoms with Crippen molar-refractivity contribution in [2.45, 2.75) is 37.6 Å². The van der Waals surface area contributed by atoms with Gasteiger partial charge in [-0.3, -0.25) is 4.99 Å². The summed E-state index contributed by atoms with van der Waals surface area (Å²) in [5.41, 5.74) is 3.47. The van der Waals surface area contributed by atoms with E-state index in [1.807, 2.05) is 66.7 Å². The van der Waals surface area contributed by atoms with Crippen molar-refractivity contribution < 1.29 is 22.6 Å². The number of alkyl halides is 3. The van der Waals surface area contributed by atoms with E-state index in [-0.39, 0.29) is 11.8 Å². The van der Waals surface area contributed by atoms with Crippen molar-refractivity contribution in [3.8, 4) is 11.8 Å². The van der Waals surface area contributed by atoms with Gasteiger partial charge in [0.05, 0.1) is 24.8 Å². The molecule has 0 unspecified atom stereocenters. The fraction of sp³-hybridized carbons (Fsp3) is 0.235. The standard InChI is InChI=1S/C34H28ClF3N2O2/c35-28-12-15-31(26(20-28)18-24-6-13-29(14-7-24)42-30-16-17-41-22-30)32(19-23-4-2-1-3-5-23)40-33(21-39)25-8-10-27(11-9-25)34(36,37)38/h1-15,20,30,32H,16-19,22H2/t30-,32+/m0/s1. The van der Waals surface area contributed by atoms with Crippen molar-refractivity contribution in [1.82, 2.24) is 0 Å². The van der Waals surface area contributed by atoms with E-state index >= 15 is 0 Å². The lowest BCUT2D eigenvalue weighted by atomic mass is 9.91. The minimum atomic E-state index is -4.47. The lowest BCUT2D eigenvalue weighted by molar-refractivity contribution is -0.137. The van der Waals surface area contributed by atoms with Gasteiger partial charge in [0, 0.05) is 17.0 Å². The zero-order valence-corrected chi connectivity index (χ0v) is 23.4. The van der Waals surface area contributed by atoms with Crippen LogP contribution in [0.25, 0.3) is 0 Å². The average molecular weight is 589 g/mol. The van der Waals surface area contributed by atoms with Gasteiger partial charge in [0.2, 0.25) is 0 Å². The van der Waals surface area contributed by atoms with E-state index in [0.29, 0.717) is 36.6 Å². The van der Waals surface area contributed by atoms with Gasteiger partial charge in [-0.25, -0.2) is 0 Å². The molecule has 5 rings (SSSR count). The summed E-state index contributed by atoms with van der Waals surface area (Å²) < 4.78 is 50.8. The van der Waals surface area contributed by atoms with E-state index in [9.17, 15) is 18.4 Å². The summed E-state index contributed by atoms with van der Waals surface area (Å²) in [5, 5.41) is 10.6. The average Bonchev–Trinajstić information content (AvgIpc) is 3.50. The molecule has 0 N–H and O–H groups in total. The summed E-state index contributed by atoms with van der Waals surface area (Å²) in [6, 6.07) is 29.4. The number of hydrogen-bond donors (Lipinski definition) is 0. The van der Waals surface area contributed by atoms with Crippen molar-refractivity contribution in [3.05, 3.63) is 135 Å². The Hall–Kier alpha value is -4.12. The molecule has 2 atom stereocenters. The van der Waals surface area contributed by atoms with Gasteiger partial charge in [-0.05, 0) is 71.5 Å². The van der Waals surface area contributed by atoms with Crippen LogP contribution in [0.5, 0.6) is 5.75 Å². The molecule has 42 heavy (non-hydrogen) atoms. The van der Waals surface area contributed by atoms with Gasteiger partial charge in [-0.2, -0.15) is 18.4 Å².